The number of sulfone groups is 1. The molecule has 0 amide bonds. The molecule has 0 fully saturated rings. The Kier molecular flexibility index (Phi) is 4.71. The van der Waals surface area contributed by atoms with Crippen molar-refractivity contribution >= 4 is 31.5 Å². The smallest absolute Gasteiger partial charge is 0.242 e. The second-order valence-electron chi connectivity index (χ2n) is 3.93. The Balaban J connectivity index is 2.86. The summed E-state index contributed by atoms with van der Waals surface area (Å²) in [5, 5.41) is 0.179. The number of hydrogen-bond acceptors (Lipinski definition) is 5. The Morgan fingerprint density at radius 2 is 1.94 bits per heavy atom. The van der Waals surface area contributed by atoms with Gasteiger partial charge in [-0.1, -0.05) is 11.6 Å². The van der Waals surface area contributed by atoms with E-state index in [0.717, 1.165) is 12.5 Å². The molecule has 102 valence electrons. The van der Waals surface area contributed by atoms with Crippen molar-refractivity contribution in [2.75, 3.05) is 12.0 Å². The van der Waals surface area contributed by atoms with E-state index in [0.29, 0.717) is 0 Å². The van der Waals surface area contributed by atoms with Crippen LogP contribution in [-0.2, 0) is 19.9 Å². The SMILES string of the molecule is CC(CS(C)(=O)=O)NS(=O)(=O)c1ccc(Cl)nc1. The van der Waals surface area contributed by atoms with E-state index in [9.17, 15) is 16.8 Å². The second kappa shape index (κ2) is 5.52. The molecule has 6 nitrogen and oxygen atoms in total. The summed E-state index contributed by atoms with van der Waals surface area (Å²) in [7, 11) is -7.03. The zero-order valence-electron chi connectivity index (χ0n) is 9.79. The quantitative estimate of drug-likeness (QED) is 0.797. The molecule has 1 aromatic rings. The van der Waals surface area contributed by atoms with Crippen LogP contribution in [0.1, 0.15) is 6.92 Å². The molecule has 1 aromatic heterocycles. The fourth-order valence-electron chi connectivity index (χ4n) is 1.34. The third-order valence-corrected chi connectivity index (χ3v) is 4.82. The largest absolute Gasteiger partial charge is 0.243 e. The van der Waals surface area contributed by atoms with Crippen LogP contribution < -0.4 is 4.72 Å². The van der Waals surface area contributed by atoms with Crippen LogP contribution in [0.2, 0.25) is 5.15 Å². The first kappa shape index (κ1) is 15.4. The zero-order valence-corrected chi connectivity index (χ0v) is 12.2. The van der Waals surface area contributed by atoms with Gasteiger partial charge in [0.1, 0.15) is 19.9 Å². The first-order valence-electron chi connectivity index (χ1n) is 4.92. The number of nitrogens with zero attached hydrogens (tertiary/aromatic N) is 1. The maximum Gasteiger partial charge on any atom is 0.242 e. The average molecular weight is 313 g/mol. The molecule has 1 N–H and O–H groups in total. The molecule has 1 unspecified atom stereocenters. The highest BCUT2D eigenvalue weighted by Crippen LogP contribution is 2.11. The molecule has 1 heterocycles. The number of hydrogen-bond donors (Lipinski definition) is 1. The summed E-state index contributed by atoms with van der Waals surface area (Å²) < 4.78 is 48.0. The van der Waals surface area contributed by atoms with Crippen LogP contribution in [0, 0.1) is 0 Å². The van der Waals surface area contributed by atoms with Crippen molar-refractivity contribution in [2.45, 2.75) is 17.9 Å². The third kappa shape index (κ3) is 4.89. The Labute approximate surface area is 111 Å². The van der Waals surface area contributed by atoms with Gasteiger partial charge in [0.05, 0.1) is 5.75 Å². The van der Waals surface area contributed by atoms with Gasteiger partial charge >= 0.3 is 0 Å². The highest BCUT2D eigenvalue weighted by atomic mass is 35.5. The van der Waals surface area contributed by atoms with Crippen LogP contribution in [0.25, 0.3) is 0 Å². The van der Waals surface area contributed by atoms with Crippen LogP contribution in [-0.4, -0.2) is 39.9 Å². The maximum atomic E-state index is 11.9. The Morgan fingerprint density at radius 3 is 2.39 bits per heavy atom. The van der Waals surface area contributed by atoms with Crippen molar-refractivity contribution in [3.05, 3.63) is 23.5 Å². The van der Waals surface area contributed by atoms with E-state index in [1.54, 1.807) is 0 Å². The lowest BCUT2D eigenvalue weighted by Crippen LogP contribution is -2.37. The third-order valence-electron chi connectivity index (χ3n) is 1.92. The summed E-state index contributed by atoms with van der Waals surface area (Å²) in [5.74, 6) is -0.271. The van der Waals surface area contributed by atoms with Gasteiger partial charge in [0.15, 0.2) is 0 Å². The van der Waals surface area contributed by atoms with E-state index in [2.05, 4.69) is 9.71 Å². The lowest BCUT2D eigenvalue weighted by atomic mass is 10.4. The van der Waals surface area contributed by atoms with Gasteiger partial charge in [-0.25, -0.2) is 26.5 Å². The molecule has 0 aromatic carbocycles. The molecule has 0 saturated carbocycles. The molecular weight excluding hydrogens is 300 g/mol. The molecule has 0 saturated heterocycles. The summed E-state index contributed by atoms with van der Waals surface area (Å²) in [6.07, 6.45) is 2.15. The average Bonchev–Trinajstić information content (AvgIpc) is 2.13. The minimum atomic E-state index is -3.78. The van der Waals surface area contributed by atoms with Gasteiger partial charge in [0.25, 0.3) is 0 Å². The molecule has 0 radical (unpaired) electrons. The standard InChI is InChI=1S/C9H13ClN2O4S2/c1-7(6-17(2,13)14)12-18(15,16)8-3-4-9(10)11-5-8/h3-5,7,12H,6H2,1-2H3. The highest BCUT2D eigenvalue weighted by Gasteiger charge is 2.20. The van der Waals surface area contributed by atoms with Gasteiger partial charge in [0, 0.05) is 18.5 Å². The summed E-state index contributed by atoms with van der Waals surface area (Å²) >= 11 is 5.55. The Morgan fingerprint density at radius 1 is 1.33 bits per heavy atom. The summed E-state index contributed by atoms with van der Waals surface area (Å²) in [6.45, 7) is 1.47. The van der Waals surface area contributed by atoms with Crippen LogP contribution >= 0.6 is 11.6 Å². The van der Waals surface area contributed by atoms with Gasteiger partial charge < -0.3 is 0 Å². The molecule has 1 atom stereocenters. The molecule has 0 aliphatic heterocycles. The number of halogens is 1. The van der Waals surface area contributed by atoms with E-state index in [1.165, 1.54) is 19.1 Å². The lowest BCUT2D eigenvalue weighted by molar-refractivity contribution is 0.564. The van der Waals surface area contributed by atoms with E-state index >= 15 is 0 Å². The van der Waals surface area contributed by atoms with Crippen LogP contribution in [0.15, 0.2) is 23.2 Å². The molecule has 0 aliphatic carbocycles. The number of aromatic nitrogens is 1. The van der Waals surface area contributed by atoms with Crippen LogP contribution in [0.5, 0.6) is 0 Å². The van der Waals surface area contributed by atoms with E-state index in [4.69, 9.17) is 11.6 Å². The highest BCUT2D eigenvalue weighted by molar-refractivity contribution is 7.91. The fraction of sp³-hybridized carbons (Fsp3) is 0.444. The normalized spacial score (nSPS) is 14.4. The predicted molar refractivity (Wildman–Crippen MR) is 68.7 cm³/mol. The van der Waals surface area contributed by atoms with E-state index in [-0.39, 0.29) is 15.8 Å². The van der Waals surface area contributed by atoms with Crippen molar-refractivity contribution < 1.29 is 16.8 Å². The number of pyridine rings is 1. The number of nitrogens with one attached hydrogen (secondary N) is 1. The van der Waals surface area contributed by atoms with Crippen molar-refractivity contribution in [3.8, 4) is 0 Å². The molecule has 9 heteroatoms. The van der Waals surface area contributed by atoms with Crippen molar-refractivity contribution in [1.29, 1.82) is 0 Å². The Hall–Kier alpha value is -0.700. The fourth-order valence-corrected chi connectivity index (χ4v) is 3.74. The molecule has 0 aliphatic rings. The lowest BCUT2D eigenvalue weighted by Gasteiger charge is -2.12. The molecule has 18 heavy (non-hydrogen) atoms. The first-order chi connectivity index (χ1) is 8.10. The summed E-state index contributed by atoms with van der Waals surface area (Å²) in [4.78, 5) is 3.59. The molecular formula is C9H13ClN2O4S2. The maximum absolute atomic E-state index is 11.9. The zero-order chi connectivity index (χ0) is 14.0. The monoisotopic (exact) mass is 312 g/mol. The Bertz CT molecular complexity index is 610. The number of sulfonamides is 1. The van der Waals surface area contributed by atoms with Gasteiger partial charge in [-0.15, -0.1) is 0 Å². The van der Waals surface area contributed by atoms with Crippen molar-refractivity contribution in [1.82, 2.24) is 9.71 Å². The van der Waals surface area contributed by atoms with Gasteiger partial charge in [-0.2, -0.15) is 0 Å². The van der Waals surface area contributed by atoms with Gasteiger partial charge in [-0.05, 0) is 19.1 Å². The minimum absolute atomic E-state index is 0.0627. The first-order valence-corrected chi connectivity index (χ1v) is 8.84. The topological polar surface area (TPSA) is 93.2 Å². The summed E-state index contributed by atoms with van der Waals surface area (Å²) in [6, 6.07) is 1.92. The van der Waals surface area contributed by atoms with Gasteiger partial charge in [0.2, 0.25) is 10.0 Å². The minimum Gasteiger partial charge on any atom is -0.243 e. The molecule has 1 rings (SSSR count). The van der Waals surface area contributed by atoms with E-state index in [1.807, 2.05) is 0 Å². The molecule has 0 bridgehead atoms. The van der Waals surface area contributed by atoms with Crippen molar-refractivity contribution in [3.63, 3.8) is 0 Å². The summed E-state index contributed by atoms with van der Waals surface area (Å²) in [5.41, 5.74) is 0. The number of rotatable bonds is 5. The van der Waals surface area contributed by atoms with E-state index < -0.39 is 25.9 Å². The van der Waals surface area contributed by atoms with Gasteiger partial charge in [-0.3, -0.25) is 0 Å². The predicted octanol–water partition coefficient (Wildman–Crippen LogP) is 0.446. The molecule has 0 spiro atoms. The van der Waals surface area contributed by atoms with Crippen molar-refractivity contribution in [2.24, 2.45) is 0 Å². The van der Waals surface area contributed by atoms with Crippen LogP contribution in [0.4, 0.5) is 0 Å². The van der Waals surface area contributed by atoms with Crippen LogP contribution in [0.3, 0.4) is 0 Å². The second-order valence-corrected chi connectivity index (χ2v) is 8.22.